The summed E-state index contributed by atoms with van der Waals surface area (Å²) in [7, 11) is 1.55. The molecular formula is C24H23N3O4S. The Morgan fingerprint density at radius 3 is 2.47 bits per heavy atom. The second-order valence-corrected chi connectivity index (χ2v) is 7.19. The van der Waals surface area contributed by atoms with Gasteiger partial charge in [0.1, 0.15) is 11.5 Å². The zero-order chi connectivity index (χ0) is 22.9. The Hall–Kier alpha value is -3.91. The van der Waals surface area contributed by atoms with Crippen molar-refractivity contribution in [2.24, 2.45) is 0 Å². The molecule has 0 radical (unpaired) electrons. The maximum Gasteiger partial charge on any atom is 0.279 e. The molecule has 0 aliphatic heterocycles. The minimum Gasteiger partial charge on any atom is -0.496 e. The van der Waals surface area contributed by atoms with Crippen molar-refractivity contribution in [3.8, 4) is 11.5 Å². The maximum atomic E-state index is 12.3. The van der Waals surface area contributed by atoms with Crippen LogP contribution in [0.2, 0.25) is 0 Å². The van der Waals surface area contributed by atoms with E-state index in [1.807, 2.05) is 54.6 Å². The summed E-state index contributed by atoms with van der Waals surface area (Å²) in [6.45, 7) is 1.61. The monoisotopic (exact) mass is 449 g/mol. The Bertz CT molecular complexity index is 1160. The summed E-state index contributed by atoms with van der Waals surface area (Å²) >= 11 is 5.04. The van der Waals surface area contributed by atoms with E-state index in [1.54, 1.807) is 32.2 Å². The molecular weight excluding hydrogens is 426 g/mol. The number of methoxy groups -OCH3 is 1. The number of fused-ring (bicyclic) bond motifs is 1. The molecule has 3 aromatic rings. The highest BCUT2D eigenvalue weighted by Crippen LogP contribution is 2.21. The summed E-state index contributed by atoms with van der Waals surface area (Å²) in [5, 5.41) is 4.50. The number of ether oxygens (including phenoxy) is 2. The predicted octanol–water partition coefficient (Wildman–Crippen LogP) is 3.35. The third-order valence-corrected chi connectivity index (χ3v) is 4.70. The van der Waals surface area contributed by atoms with Gasteiger partial charge in [-0.25, -0.2) is 0 Å². The van der Waals surface area contributed by atoms with Gasteiger partial charge in [0.2, 0.25) is 5.91 Å². The molecule has 2 amide bonds. The number of benzene rings is 3. The minimum absolute atomic E-state index is 0.0501. The fraction of sp³-hybridized carbons (Fsp3) is 0.125. The molecule has 32 heavy (non-hydrogen) atoms. The molecule has 0 spiro atoms. The molecule has 0 bridgehead atoms. The highest BCUT2D eigenvalue weighted by atomic mass is 32.1. The third-order valence-electron chi connectivity index (χ3n) is 4.49. The quantitative estimate of drug-likeness (QED) is 0.304. The molecule has 0 aliphatic carbocycles. The van der Waals surface area contributed by atoms with Crippen LogP contribution in [0.3, 0.4) is 0 Å². The molecule has 1 atom stereocenters. The molecule has 0 saturated heterocycles. The van der Waals surface area contributed by atoms with Gasteiger partial charge in [0.15, 0.2) is 11.2 Å². The van der Waals surface area contributed by atoms with Gasteiger partial charge in [0, 0.05) is 11.6 Å². The van der Waals surface area contributed by atoms with E-state index in [-0.39, 0.29) is 5.11 Å². The van der Waals surface area contributed by atoms with Gasteiger partial charge in [-0.2, -0.15) is 0 Å². The minimum atomic E-state index is -0.785. The second-order valence-electron chi connectivity index (χ2n) is 6.78. The number of hydrogen-bond acceptors (Lipinski definition) is 5. The number of carbonyl (C=O) groups excluding carboxylic acids is 2. The lowest BCUT2D eigenvalue weighted by molar-refractivity contribution is -0.128. The molecule has 0 saturated carbocycles. The Balaban J connectivity index is 1.46. The van der Waals surface area contributed by atoms with E-state index in [0.29, 0.717) is 11.5 Å². The first-order chi connectivity index (χ1) is 15.5. The van der Waals surface area contributed by atoms with Gasteiger partial charge in [-0.05, 0) is 54.2 Å². The smallest absolute Gasteiger partial charge is 0.279 e. The van der Waals surface area contributed by atoms with Crippen LogP contribution in [0.5, 0.6) is 11.5 Å². The highest BCUT2D eigenvalue weighted by Gasteiger charge is 2.15. The summed E-state index contributed by atoms with van der Waals surface area (Å²) in [5.74, 6) is 0.316. The maximum absolute atomic E-state index is 12.3. The average Bonchev–Trinajstić information content (AvgIpc) is 2.81. The first-order valence-electron chi connectivity index (χ1n) is 9.83. The molecule has 0 aromatic heterocycles. The Morgan fingerprint density at radius 2 is 1.69 bits per heavy atom. The number of carbonyl (C=O) groups is 2. The van der Waals surface area contributed by atoms with E-state index in [0.717, 1.165) is 16.3 Å². The summed E-state index contributed by atoms with van der Waals surface area (Å²) in [6.07, 6.45) is 2.14. The van der Waals surface area contributed by atoms with E-state index in [9.17, 15) is 9.59 Å². The van der Waals surface area contributed by atoms with Crippen LogP contribution >= 0.6 is 12.2 Å². The molecule has 0 aliphatic rings. The second kappa shape index (κ2) is 10.9. The Morgan fingerprint density at radius 1 is 0.969 bits per heavy atom. The van der Waals surface area contributed by atoms with Crippen LogP contribution in [0.15, 0.2) is 72.8 Å². The number of amides is 2. The van der Waals surface area contributed by atoms with Crippen LogP contribution in [-0.2, 0) is 9.59 Å². The number of nitrogens with one attached hydrogen (secondary N) is 3. The normalized spacial score (nSPS) is 11.6. The zero-order valence-electron chi connectivity index (χ0n) is 17.6. The van der Waals surface area contributed by atoms with E-state index in [1.165, 1.54) is 6.08 Å². The summed E-state index contributed by atoms with van der Waals surface area (Å²) < 4.78 is 10.9. The topological polar surface area (TPSA) is 88.7 Å². The molecule has 7 nitrogen and oxygen atoms in total. The Kier molecular flexibility index (Phi) is 7.77. The van der Waals surface area contributed by atoms with Crippen molar-refractivity contribution in [1.82, 2.24) is 16.2 Å². The van der Waals surface area contributed by atoms with Crippen LogP contribution < -0.4 is 25.6 Å². The molecule has 1 unspecified atom stereocenters. The molecule has 3 aromatic carbocycles. The van der Waals surface area contributed by atoms with E-state index < -0.39 is 17.9 Å². The van der Waals surface area contributed by atoms with Crippen molar-refractivity contribution in [3.05, 3.63) is 78.4 Å². The summed E-state index contributed by atoms with van der Waals surface area (Å²) in [4.78, 5) is 24.3. The van der Waals surface area contributed by atoms with Crippen molar-refractivity contribution in [1.29, 1.82) is 0 Å². The highest BCUT2D eigenvalue weighted by molar-refractivity contribution is 7.80. The summed E-state index contributed by atoms with van der Waals surface area (Å²) in [5.41, 5.74) is 5.66. The van der Waals surface area contributed by atoms with Gasteiger partial charge in [0.25, 0.3) is 5.91 Å². The lowest BCUT2D eigenvalue weighted by Crippen LogP contribution is -2.51. The van der Waals surface area contributed by atoms with Gasteiger partial charge in [-0.15, -0.1) is 0 Å². The standard InChI is InChI=1S/C24H23N3O4S/c1-16(31-20-13-11-17-7-3-4-9-19(17)15-20)23(29)26-27-24(32)25-22(28)14-12-18-8-5-6-10-21(18)30-2/h3-16H,1-2H3,(H,26,29)(H2,25,27,28,32). The first kappa shape index (κ1) is 22.8. The lowest BCUT2D eigenvalue weighted by atomic mass is 10.1. The van der Waals surface area contributed by atoms with Crippen molar-refractivity contribution in [2.45, 2.75) is 13.0 Å². The zero-order valence-corrected chi connectivity index (χ0v) is 18.4. The molecule has 0 fully saturated rings. The van der Waals surface area contributed by atoms with Crippen molar-refractivity contribution < 1.29 is 19.1 Å². The SMILES string of the molecule is COc1ccccc1C=CC(=O)NC(=S)NNC(=O)C(C)Oc1ccc2ccccc2c1. The van der Waals surface area contributed by atoms with Gasteiger partial charge >= 0.3 is 0 Å². The number of para-hydroxylation sites is 1. The molecule has 3 N–H and O–H groups in total. The van der Waals surface area contributed by atoms with Gasteiger partial charge < -0.3 is 9.47 Å². The van der Waals surface area contributed by atoms with Crippen molar-refractivity contribution in [2.75, 3.05) is 7.11 Å². The van der Waals surface area contributed by atoms with Gasteiger partial charge in [-0.1, -0.05) is 48.5 Å². The number of rotatable bonds is 6. The van der Waals surface area contributed by atoms with Crippen LogP contribution in [-0.4, -0.2) is 30.1 Å². The molecule has 0 heterocycles. The first-order valence-corrected chi connectivity index (χ1v) is 10.2. The summed E-state index contributed by atoms with van der Waals surface area (Å²) in [6, 6.07) is 20.7. The fourth-order valence-electron chi connectivity index (χ4n) is 2.87. The van der Waals surface area contributed by atoms with Gasteiger partial charge in [-0.3, -0.25) is 25.8 Å². The lowest BCUT2D eigenvalue weighted by Gasteiger charge is -2.16. The van der Waals surface area contributed by atoms with Crippen LogP contribution in [0, 0.1) is 0 Å². The van der Waals surface area contributed by atoms with Crippen molar-refractivity contribution in [3.63, 3.8) is 0 Å². The largest absolute Gasteiger partial charge is 0.496 e. The van der Waals surface area contributed by atoms with E-state index in [2.05, 4.69) is 16.2 Å². The molecule has 164 valence electrons. The van der Waals surface area contributed by atoms with Gasteiger partial charge in [0.05, 0.1) is 7.11 Å². The van der Waals surface area contributed by atoms with Crippen molar-refractivity contribution >= 4 is 46.0 Å². The number of hydrogen-bond donors (Lipinski definition) is 3. The molecule has 8 heteroatoms. The van der Waals surface area contributed by atoms with Crippen LogP contribution in [0.25, 0.3) is 16.8 Å². The molecule has 3 rings (SSSR count). The fourth-order valence-corrected chi connectivity index (χ4v) is 3.02. The third kappa shape index (κ3) is 6.29. The number of hydrazine groups is 1. The average molecular weight is 450 g/mol. The predicted molar refractivity (Wildman–Crippen MR) is 128 cm³/mol. The Labute approximate surface area is 191 Å². The van der Waals surface area contributed by atoms with Crippen LogP contribution in [0.4, 0.5) is 0 Å². The van der Waals surface area contributed by atoms with E-state index >= 15 is 0 Å². The van der Waals surface area contributed by atoms with Crippen LogP contribution in [0.1, 0.15) is 12.5 Å². The number of thiocarbonyl (C=S) groups is 1. The van der Waals surface area contributed by atoms with E-state index in [4.69, 9.17) is 21.7 Å².